The smallest absolute Gasteiger partial charge is 0.327 e. The Morgan fingerprint density at radius 1 is 1.54 bits per heavy atom. The van der Waals surface area contributed by atoms with Gasteiger partial charge >= 0.3 is 5.97 Å². The molecule has 0 aliphatic carbocycles. The van der Waals surface area contributed by atoms with Gasteiger partial charge in [0.15, 0.2) is 0 Å². The highest BCUT2D eigenvalue weighted by molar-refractivity contribution is 14.1. The van der Waals surface area contributed by atoms with Gasteiger partial charge in [-0.2, -0.15) is 0 Å². The lowest BCUT2D eigenvalue weighted by molar-refractivity contribution is -0.142. The van der Waals surface area contributed by atoms with Gasteiger partial charge in [-0.25, -0.2) is 0 Å². The molecular formula is C9H10INO2. The molecule has 1 rings (SSSR count). The number of carbonyl (C=O) groups is 1. The molecule has 0 heterocycles. The second-order valence-electron chi connectivity index (χ2n) is 2.52. The number of carbonyl (C=O) groups excluding carboxylic acids is 1. The van der Waals surface area contributed by atoms with Crippen LogP contribution in [0.3, 0.4) is 0 Å². The van der Waals surface area contributed by atoms with E-state index in [0.29, 0.717) is 0 Å². The van der Waals surface area contributed by atoms with Gasteiger partial charge in [0, 0.05) is 3.57 Å². The Labute approximate surface area is 90.4 Å². The molecule has 4 heteroatoms. The summed E-state index contributed by atoms with van der Waals surface area (Å²) < 4.78 is 5.52. The normalized spacial score (nSPS) is 12.2. The molecule has 0 amide bonds. The third kappa shape index (κ3) is 2.41. The molecule has 0 aliphatic heterocycles. The fourth-order valence-corrected chi connectivity index (χ4v) is 1.70. The van der Waals surface area contributed by atoms with Crippen molar-refractivity contribution in [1.82, 2.24) is 0 Å². The molecule has 0 unspecified atom stereocenters. The van der Waals surface area contributed by atoms with Gasteiger partial charge in [-0.1, -0.05) is 18.2 Å². The van der Waals surface area contributed by atoms with Crippen LogP contribution in [0.1, 0.15) is 11.6 Å². The minimum atomic E-state index is -0.682. The second kappa shape index (κ2) is 4.57. The molecule has 0 saturated carbocycles. The van der Waals surface area contributed by atoms with Crippen molar-refractivity contribution in [3.05, 3.63) is 33.4 Å². The Bertz CT molecular complexity index is 314. The topological polar surface area (TPSA) is 52.3 Å². The Morgan fingerprint density at radius 3 is 2.69 bits per heavy atom. The predicted molar refractivity (Wildman–Crippen MR) is 58.1 cm³/mol. The molecule has 3 nitrogen and oxygen atoms in total. The molecule has 0 fully saturated rings. The Morgan fingerprint density at radius 2 is 2.15 bits per heavy atom. The van der Waals surface area contributed by atoms with Crippen LogP contribution < -0.4 is 5.73 Å². The van der Waals surface area contributed by atoms with Crippen molar-refractivity contribution in [3.63, 3.8) is 0 Å². The quantitative estimate of drug-likeness (QED) is 0.663. The van der Waals surface area contributed by atoms with Crippen molar-refractivity contribution in [3.8, 4) is 0 Å². The van der Waals surface area contributed by atoms with E-state index in [-0.39, 0.29) is 0 Å². The molecule has 0 spiro atoms. The highest BCUT2D eigenvalue weighted by atomic mass is 127. The van der Waals surface area contributed by atoms with Crippen LogP contribution in [0.4, 0.5) is 0 Å². The molecule has 0 aliphatic rings. The van der Waals surface area contributed by atoms with Gasteiger partial charge < -0.3 is 10.5 Å². The SMILES string of the molecule is COC(=O)[C@@H](N)c1ccccc1I. The van der Waals surface area contributed by atoms with E-state index in [2.05, 4.69) is 27.3 Å². The number of hydrogen-bond donors (Lipinski definition) is 1. The number of benzene rings is 1. The van der Waals surface area contributed by atoms with Crippen LogP contribution in [0.15, 0.2) is 24.3 Å². The van der Waals surface area contributed by atoms with E-state index >= 15 is 0 Å². The summed E-state index contributed by atoms with van der Waals surface area (Å²) >= 11 is 2.14. The van der Waals surface area contributed by atoms with E-state index in [4.69, 9.17) is 5.73 Å². The summed E-state index contributed by atoms with van der Waals surface area (Å²) in [7, 11) is 1.33. The van der Waals surface area contributed by atoms with Crippen molar-refractivity contribution in [2.45, 2.75) is 6.04 Å². The van der Waals surface area contributed by atoms with Gasteiger partial charge in [0.2, 0.25) is 0 Å². The average Bonchev–Trinajstić information content (AvgIpc) is 2.16. The number of nitrogens with two attached hydrogens (primary N) is 1. The zero-order valence-corrected chi connectivity index (χ0v) is 9.32. The van der Waals surface area contributed by atoms with E-state index in [9.17, 15) is 4.79 Å². The maximum Gasteiger partial charge on any atom is 0.327 e. The van der Waals surface area contributed by atoms with Gasteiger partial charge in [0.05, 0.1) is 7.11 Å². The number of halogens is 1. The third-order valence-electron chi connectivity index (χ3n) is 1.70. The summed E-state index contributed by atoms with van der Waals surface area (Å²) in [5, 5.41) is 0. The molecule has 2 N–H and O–H groups in total. The van der Waals surface area contributed by atoms with E-state index in [0.717, 1.165) is 9.13 Å². The standard InChI is InChI=1S/C9H10INO2/c1-13-9(12)8(11)6-4-2-3-5-7(6)10/h2-5,8H,11H2,1H3/t8-/m0/s1. The number of ether oxygens (including phenoxy) is 1. The van der Waals surface area contributed by atoms with Crippen molar-refractivity contribution in [1.29, 1.82) is 0 Å². The van der Waals surface area contributed by atoms with Crippen LogP contribution in [-0.2, 0) is 9.53 Å². The van der Waals surface area contributed by atoms with Gasteiger partial charge in [-0.3, -0.25) is 4.79 Å². The number of hydrogen-bond acceptors (Lipinski definition) is 3. The minimum absolute atomic E-state index is 0.413. The lowest BCUT2D eigenvalue weighted by Crippen LogP contribution is -2.23. The molecule has 70 valence electrons. The fraction of sp³-hybridized carbons (Fsp3) is 0.222. The number of esters is 1. The summed E-state index contributed by atoms with van der Waals surface area (Å²) in [5.41, 5.74) is 6.47. The molecule has 0 saturated heterocycles. The summed E-state index contributed by atoms with van der Waals surface area (Å²) in [6.45, 7) is 0. The van der Waals surface area contributed by atoms with Gasteiger partial charge in [0.1, 0.15) is 6.04 Å². The highest BCUT2D eigenvalue weighted by Crippen LogP contribution is 2.18. The second-order valence-corrected chi connectivity index (χ2v) is 3.68. The summed E-state index contributed by atoms with van der Waals surface area (Å²) in [5.74, 6) is -0.413. The molecule has 1 atom stereocenters. The summed E-state index contributed by atoms with van der Waals surface area (Å²) in [4.78, 5) is 11.1. The molecule has 0 radical (unpaired) electrons. The monoisotopic (exact) mass is 291 g/mol. The predicted octanol–water partition coefficient (Wildman–Crippen LogP) is 1.46. The zero-order valence-electron chi connectivity index (χ0n) is 7.16. The van der Waals surface area contributed by atoms with Crippen LogP contribution in [0.2, 0.25) is 0 Å². The third-order valence-corrected chi connectivity index (χ3v) is 2.68. The lowest BCUT2D eigenvalue weighted by atomic mass is 10.1. The highest BCUT2D eigenvalue weighted by Gasteiger charge is 2.17. The minimum Gasteiger partial charge on any atom is -0.468 e. The van der Waals surface area contributed by atoms with Crippen molar-refractivity contribution in [2.75, 3.05) is 7.11 Å². The number of methoxy groups -OCH3 is 1. The van der Waals surface area contributed by atoms with Crippen molar-refractivity contribution >= 4 is 28.6 Å². The average molecular weight is 291 g/mol. The molecule has 13 heavy (non-hydrogen) atoms. The first-order valence-electron chi connectivity index (χ1n) is 3.74. The lowest BCUT2D eigenvalue weighted by Gasteiger charge is -2.10. The number of rotatable bonds is 2. The first-order valence-corrected chi connectivity index (χ1v) is 4.82. The van der Waals surface area contributed by atoms with Gasteiger partial charge in [-0.15, -0.1) is 0 Å². The van der Waals surface area contributed by atoms with Gasteiger partial charge in [0.25, 0.3) is 0 Å². The summed E-state index contributed by atoms with van der Waals surface area (Å²) in [6.07, 6.45) is 0. The van der Waals surface area contributed by atoms with Crippen molar-refractivity contribution in [2.24, 2.45) is 5.73 Å². The van der Waals surface area contributed by atoms with Crippen LogP contribution in [0.5, 0.6) is 0 Å². The Hall–Kier alpha value is -0.620. The van der Waals surface area contributed by atoms with E-state index < -0.39 is 12.0 Å². The molecule has 1 aromatic carbocycles. The van der Waals surface area contributed by atoms with Crippen LogP contribution in [0.25, 0.3) is 0 Å². The van der Waals surface area contributed by atoms with E-state index in [1.807, 2.05) is 24.3 Å². The van der Waals surface area contributed by atoms with E-state index in [1.54, 1.807) is 0 Å². The largest absolute Gasteiger partial charge is 0.468 e. The maximum atomic E-state index is 11.1. The zero-order chi connectivity index (χ0) is 9.84. The maximum absolute atomic E-state index is 11.1. The summed E-state index contributed by atoms with van der Waals surface area (Å²) in [6, 6.07) is 6.79. The fourth-order valence-electron chi connectivity index (χ4n) is 0.981. The Balaban J connectivity index is 2.95. The molecule has 0 bridgehead atoms. The van der Waals surface area contributed by atoms with Gasteiger partial charge in [-0.05, 0) is 34.2 Å². The van der Waals surface area contributed by atoms with E-state index in [1.165, 1.54) is 7.11 Å². The van der Waals surface area contributed by atoms with Crippen molar-refractivity contribution < 1.29 is 9.53 Å². The first-order chi connectivity index (χ1) is 6.16. The molecule has 1 aromatic rings. The van der Waals surface area contributed by atoms with Crippen LogP contribution in [-0.4, -0.2) is 13.1 Å². The first kappa shape index (κ1) is 10.5. The Kier molecular flexibility index (Phi) is 3.68. The van der Waals surface area contributed by atoms with Crippen LogP contribution in [0, 0.1) is 3.57 Å². The van der Waals surface area contributed by atoms with Crippen LogP contribution >= 0.6 is 22.6 Å². The molecule has 0 aromatic heterocycles. The molecular weight excluding hydrogens is 281 g/mol.